The summed E-state index contributed by atoms with van der Waals surface area (Å²) in [5.74, 6) is -1.05. The molecule has 0 saturated carbocycles. The topological polar surface area (TPSA) is 95.5 Å². The minimum atomic E-state index is -4.16. The molecule has 0 saturated heterocycles. The van der Waals surface area contributed by atoms with E-state index in [4.69, 9.17) is 27.9 Å². The predicted molar refractivity (Wildman–Crippen MR) is 109 cm³/mol. The van der Waals surface area contributed by atoms with Crippen LogP contribution in [0, 0.1) is 0 Å². The molecule has 0 bridgehead atoms. The van der Waals surface area contributed by atoms with E-state index in [-0.39, 0.29) is 15.7 Å². The van der Waals surface area contributed by atoms with Gasteiger partial charge in [0.1, 0.15) is 17.3 Å². The van der Waals surface area contributed by atoms with Gasteiger partial charge in [0.2, 0.25) is 0 Å². The molecule has 0 aromatic heterocycles. The van der Waals surface area contributed by atoms with Gasteiger partial charge in [-0.1, -0.05) is 53.5 Å². The van der Waals surface area contributed by atoms with Gasteiger partial charge in [-0.15, -0.1) is 0 Å². The zero-order chi connectivity index (χ0) is 21.0. The van der Waals surface area contributed by atoms with E-state index < -0.39 is 26.5 Å². The largest absolute Gasteiger partial charge is 0.545 e. The highest BCUT2D eigenvalue weighted by molar-refractivity contribution is 7.92. The average Bonchev–Trinajstić information content (AvgIpc) is 2.67. The van der Waals surface area contributed by atoms with Crippen LogP contribution < -0.4 is 14.6 Å². The van der Waals surface area contributed by atoms with E-state index in [1.807, 2.05) is 30.3 Å². The van der Waals surface area contributed by atoms with E-state index in [9.17, 15) is 18.3 Å². The summed E-state index contributed by atoms with van der Waals surface area (Å²) in [6, 6.07) is 17.7. The van der Waals surface area contributed by atoms with Crippen LogP contribution in [-0.4, -0.2) is 14.4 Å². The highest BCUT2D eigenvalue weighted by atomic mass is 35.5. The Kier molecular flexibility index (Phi) is 6.32. The van der Waals surface area contributed by atoms with Crippen LogP contribution in [0.15, 0.2) is 71.6 Å². The molecule has 0 atom stereocenters. The zero-order valence-corrected chi connectivity index (χ0v) is 17.1. The zero-order valence-electron chi connectivity index (χ0n) is 14.8. The minimum Gasteiger partial charge on any atom is -0.545 e. The number of carboxylic acids is 1. The summed E-state index contributed by atoms with van der Waals surface area (Å²) in [5.41, 5.74) is 0.776. The molecule has 3 aromatic carbocycles. The summed E-state index contributed by atoms with van der Waals surface area (Å²) in [6.07, 6.45) is 0. The fourth-order valence-electron chi connectivity index (χ4n) is 2.46. The van der Waals surface area contributed by atoms with E-state index in [0.29, 0.717) is 12.4 Å². The summed E-state index contributed by atoms with van der Waals surface area (Å²) in [4.78, 5) is 10.7. The third kappa shape index (κ3) is 5.20. The van der Waals surface area contributed by atoms with Crippen molar-refractivity contribution in [1.82, 2.24) is 0 Å². The number of sulfonamides is 1. The van der Waals surface area contributed by atoms with E-state index in [1.165, 1.54) is 12.1 Å². The maximum Gasteiger partial charge on any atom is 0.263 e. The smallest absolute Gasteiger partial charge is 0.263 e. The summed E-state index contributed by atoms with van der Waals surface area (Å²) < 4.78 is 33.2. The number of halogens is 2. The van der Waals surface area contributed by atoms with Gasteiger partial charge in [0.15, 0.2) is 0 Å². The molecule has 0 fully saturated rings. The Hall–Kier alpha value is -2.74. The molecule has 29 heavy (non-hydrogen) atoms. The minimum absolute atomic E-state index is 0.213. The Labute approximate surface area is 177 Å². The number of carbonyl (C=O) groups excluding carboxylic acids is 1. The first-order valence-corrected chi connectivity index (χ1v) is 10.5. The van der Waals surface area contributed by atoms with Gasteiger partial charge in [0, 0.05) is 11.3 Å². The van der Waals surface area contributed by atoms with E-state index in [0.717, 1.165) is 17.7 Å². The first kappa shape index (κ1) is 21.0. The highest BCUT2D eigenvalue weighted by Gasteiger charge is 2.21. The molecule has 9 heteroatoms. The van der Waals surface area contributed by atoms with Gasteiger partial charge in [0.25, 0.3) is 10.0 Å². The first-order chi connectivity index (χ1) is 13.8. The molecule has 0 amide bonds. The Morgan fingerprint density at radius 1 is 0.966 bits per heavy atom. The summed E-state index contributed by atoms with van der Waals surface area (Å²) >= 11 is 11.7. The van der Waals surface area contributed by atoms with Crippen molar-refractivity contribution in [2.45, 2.75) is 11.5 Å². The van der Waals surface area contributed by atoms with Crippen LogP contribution in [0.2, 0.25) is 10.0 Å². The lowest BCUT2D eigenvalue weighted by atomic mass is 10.2. The number of ether oxygens (including phenoxy) is 1. The van der Waals surface area contributed by atoms with Crippen molar-refractivity contribution >= 4 is 44.9 Å². The van der Waals surface area contributed by atoms with Crippen LogP contribution in [0.25, 0.3) is 0 Å². The second-order valence-electron chi connectivity index (χ2n) is 5.95. The summed E-state index contributed by atoms with van der Waals surface area (Å²) in [6.45, 7) is 0.373. The van der Waals surface area contributed by atoms with Crippen LogP contribution >= 0.6 is 23.2 Å². The molecular weight excluding hydrogens is 437 g/mol. The fraction of sp³-hybridized carbons (Fsp3) is 0.0500. The van der Waals surface area contributed by atoms with E-state index in [2.05, 4.69) is 4.72 Å². The third-order valence-corrected chi connectivity index (χ3v) is 6.04. The Morgan fingerprint density at radius 3 is 2.24 bits per heavy atom. The molecule has 0 unspecified atom stereocenters. The third-order valence-electron chi connectivity index (χ3n) is 3.89. The van der Waals surface area contributed by atoms with Crippen molar-refractivity contribution in [2.24, 2.45) is 0 Å². The monoisotopic (exact) mass is 450 g/mol. The quantitative estimate of drug-likeness (QED) is 0.591. The van der Waals surface area contributed by atoms with E-state index in [1.54, 1.807) is 12.1 Å². The Balaban J connectivity index is 1.75. The number of carboxylic acid groups (broad SMARTS) is 1. The number of rotatable bonds is 7. The molecule has 6 nitrogen and oxygen atoms in total. The van der Waals surface area contributed by atoms with Gasteiger partial charge in [-0.2, -0.15) is 0 Å². The van der Waals surface area contributed by atoms with Crippen LogP contribution in [0.5, 0.6) is 5.75 Å². The maximum absolute atomic E-state index is 12.6. The maximum atomic E-state index is 12.6. The van der Waals surface area contributed by atoms with Crippen molar-refractivity contribution in [3.63, 3.8) is 0 Å². The van der Waals surface area contributed by atoms with Crippen molar-refractivity contribution in [2.75, 3.05) is 4.72 Å². The van der Waals surface area contributed by atoms with E-state index >= 15 is 0 Å². The molecule has 0 aliphatic heterocycles. The van der Waals surface area contributed by atoms with Crippen molar-refractivity contribution in [3.05, 3.63) is 87.9 Å². The Morgan fingerprint density at radius 2 is 1.62 bits per heavy atom. The molecule has 3 aromatic rings. The van der Waals surface area contributed by atoms with Gasteiger partial charge >= 0.3 is 0 Å². The highest BCUT2D eigenvalue weighted by Crippen LogP contribution is 2.30. The van der Waals surface area contributed by atoms with Crippen LogP contribution in [0.3, 0.4) is 0 Å². The van der Waals surface area contributed by atoms with Crippen LogP contribution in [-0.2, 0) is 16.6 Å². The molecule has 0 aliphatic carbocycles. The van der Waals surface area contributed by atoms with Crippen molar-refractivity contribution in [3.8, 4) is 5.75 Å². The lowest BCUT2D eigenvalue weighted by Crippen LogP contribution is -2.23. The summed E-state index contributed by atoms with van der Waals surface area (Å²) in [7, 11) is -4.16. The molecule has 150 valence electrons. The molecular formula is C20H14Cl2NO5S-. The molecule has 0 aliphatic rings. The summed E-state index contributed by atoms with van der Waals surface area (Å²) in [5, 5.41) is 10.7. The lowest BCUT2D eigenvalue weighted by molar-refractivity contribution is -0.255. The second-order valence-corrected chi connectivity index (χ2v) is 8.42. The number of benzene rings is 3. The molecule has 0 heterocycles. The lowest BCUT2D eigenvalue weighted by Gasteiger charge is -2.13. The number of aromatic carboxylic acids is 1. The molecule has 1 N–H and O–H groups in total. The molecule has 3 rings (SSSR count). The molecule has 0 spiro atoms. The first-order valence-electron chi connectivity index (χ1n) is 8.26. The molecule has 0 radical (unpaired) electrons. The van der Waals surface area contributed by atoms with Gasteiger partial charge in [-0.05, 0) is 42.0 Å². The average molecular weight is 451 g/mol. The van der Waals surface area contributed by atoms with Gasteiger partial charge in [-0.25, -0.2) is 8.42 Å². The fourth-order valence-corrected chi connectivity index (χ4v) is 4.37. The van der Waals surface area contributed by atoms with Crippen LogP contribution in [0.1, 0.15) is 15.9 Å². The normalized spacial score (nSPS) is 11.1. The second kappa shape index (κ2) is 8.73. The van der Waals surface area contributed by atoms with Gasteiger partial charge < -0.3 is 14.6 Å². The Bertz CT molecular complexity index is 1130. The van der Waals surface area contributed by atoms with Gasteiger partial charge in [-0.3, -0.25) is 4.72 Å². The van der Waals surface area contributed by atoms with Crippen LogP contribution in [0.4, 0.5) is 5.69 Å². The predicted octanol–water partition coefficient (Wildman–Crippen LogP) is 3.74. The number of hydrogen-bond acceptors (Lipinski definition) is 5. The van der Waals surface area contributed by atoms with Crippen molar-refractivity contribution in [1.29, 1.82) is 0 Å². The number of nitrogens with one attached hydrogen (secondary N) is 1. The van der Waals surface area contributed by atoms with Crippen molar-refractivity contribution < 1.29 is 23.1 Å². The standard InChI is InChI=1S/C20H15Cl2NO5S/c21-17-11-18(22)19(10-16(17)20(24)25)29(26,27)23-14-6-8-15(9-7-14)28-12-13-4-2-1-3-5-13/h1-11,23H,12H2,(H,24,25)/p-1. The SMILES string of the molecule is O=C([O-])c1cc(S(=O)(=O)Nc2ccc(OCc3ccccc3)cc2)c(Cl)cc1Cl. The number of carbonyl (C=O) groups is 1. The van der Waals surface area contributed by atoms with Gasteiger partial charge in [0.05, 0.1) is 16.0 Å². The number of anilines is 1. The number of hydrogen-bond donors (Lipinski definition) is 1.